The van der Waals surface area contributed by atoms with Crippen LogP contribution >= 0.6 is 0 Å². The Balaban J connectivity index is 2.05. The Kier molecular flexibility index (Phi) is 4.28. The smallest absolute Gasteiger partial charge is 0.325 e. The molecule has 1 atom stereocenters. The number of hydrogen-bond acceptors (Lipinski definition) is 5. The van der Waals surface area contributed by atoms with Gasteiger partial charge in [-0.3, -0.25) is 14.6 Å². The molecule has 0 bridgehead atoms. The Morgan fingerprint density at radius 2 is 2.19 bits per heavy atom. The number of rotatable bonds is 4. The number of aromatic amines is 2. The van der Waals surface area contributed by atoms with E-state index in [4.69, 9.17) is 0 Å². The molecular formula is C11H16N4O5S. The lowest BCUT2D eigenvalue weighted by molar-refractivity contribution is -0.124. The van der Waals surface area contributed by atoms with Crippen LogP contribution < -0.4 is 16.6 Å². The Bertz CT molecular complexity index is 750. The summed E-state index contributed by atoms with van der Waals surface area (Å²) in [5, 5.41) is 2.52. The topological polar surface area (TPSA) is 132 Å². The van der Waals surface area contributed by atoms with Gasteiger partial charge in [0.15, 0.2) is 0 Å². The molecule has 1 aliphatic heterocycles. The van der Waals surface area contributed by atoms with Crippen LogP contribution in [0.1, 0.15) is 18.4 Å². The molecule has 1 saturated heterocycles. The Morgan fingerprint density at radius 1 is 1.48 bits per heavy atom. The molecule has 0 spiro atoms. The fourth-order valence-electron chi connectivity index (χ4n) is 2.27. The van der Waals surface area contributed by atoms with Crippen molar-refractivity contribution in [2.45, 2.75) is 25.4 Å². The van der Waals surface area contributed by atoms with E-state index in [0.717, 1.165) is 10.6 Å². The van der Waals surface area contributed by atoms with Gasteiger partial charge in [-0.1, -0.05) is 0 Å². The van der Waals surface area contributed by atoms with E-state index in [2.05, 4.69) is 10.3 Å². The maximum absolute atomic E-state index is 12.1. The molecule has 3 N–H and O–H groups in total. The van der Waals surface area contributed by atoms with Gasteiger partial charge in [-0.15, -0.1) is 0 Å². The van der Waals surface area contributed by atoms with Crippen molar-refractivity contribution in [3.8, 4) is 0 Å². The molecule has 0 unspecified atom stereocenters. The van der Waals surface area contributed by atoms with Gasteiger partial charge in [-0.25, -0.2) is 13.2 Å². The van der Waals surface area contributed by atoms with Gasteiger partial charge in [0, 0.05) is 19.3 Å². The largest absolute Gasteiger partial charge is 0.350 e. The van der Waals surface area contributed by atoms with Crippen LogP contribution in [0.15, 0.2) is 15.8 Å². The molecule has 1 amide bonds. The van der Waals surface area contributed by atoms with E-state index in [-0.39, 0.29) is 12.1 Å². The van der Waals surface area contributed by atoms with Gasteiger partial charge in [0.05, 0.1) is 11.8 Å². The van der Waals surface area contributed by atoms with E-state index in [1.807, 2.05) is 4.98 Å². The first-order chi connectivity index (χ1) is 9.79. The molecule has 21 heavy (non-hydrogen) atoms. The number of nitrogens with one attached hydrogen (secondary N) is 3. The van der Waals surface area contributed by atoms with Crippen molar-refractivity contribution in [3.05, 3.63) is 32.6 Å². The maximum atomic E-state index is 12.1. The summed E-state index contributed by atoms with van der Waals surface area (Å²) in [6.07, 6.45) is 3.33. The Labute approximate surface area is 120 Å². The predicted octanol–water partition coefficient (Wildman–Crippen LogP) is -1.90. The van der Waals surface area contributed by atoms with Crippen molar-refractivity contribution in [3.63, 3.8) is 0 Å². The summed E-state index contributed by atoms with van der Waals surface area (Å²) in [6.45, 7) is 0.231. The third-order valence-electron chi connectivity index (χ3n) is 3.28. The minimum atomic E-state index is -3.44. The van der Waals surface area contributed by atoms with Crippen LogP contribution in [0.2, 0.25) is 0 Å². The first-order valence-corrected chi connectivity index (χ1v) is 8.19. The van der Waals surface area contributed by atoms with E-state index < -0.39 is 33.2 Å². The molecule has 1 fully saturated rings. The molecule has 1 aromatic heterocycles. The molecule has 0 saturated carbocycles. The van der Waals surface area contributed by atoms with Crippen molar-refractivity contribution in [2.24, 2.45) is 0 Å². The summed E-state index contributed by atoms with van der Waals surface area (Å²) in [5.41, 5.74) is -1.04. The lowest BCUT2D eigenvalue weighted by Gasteiger charge is -2.21. The van der Waals surface area contributed by atoms with Crippen LogP contribution in [0.4, 0.5) is 0 Å². The summed E-state index contributed by atoms with van der Waals surface area (Å²) in [6, 6.07) is -0.748. The highest BCUT2D eigenvalue weighted by Gasteiger charge is 2.36. The lowest BCUT2D eigenvalue weighted by atomic mass is 10.2. The third kappa shape index (κ3) is 3.58. The lowest BCUT2D eigenvalue weighted by Crippen LogP contribution is -2.45. The normalized spacial score (nSPS) is 19.6. The Hall–Kier alpha value is -1.94. The number of hydrogen-bond donors (Lipinski definition) is 3. The second-order valence-corrected chi connectivity index (χ2v) is 6.78. The number of amides is 1. The van der Waals surface area contributed by atoms with Crippen LogP contribution in [-0.2, 0) is 21.4 Å². The highest BCUT2D eigenvalue weighted by atomic mass is 32.2. The molecule has 0 aromatic carbocycles. The van der Waals surface area contributed by atoms with Crippen molar-refractivity contribution < 1.29 is 13.2 Å². The average molecular weight is 316 g/mol. The van der Waals surface area contributed by atoms with Crippen molar-refractivity contribution in [1.29, 1.82) is 0 Å². The maximum Gasteiger partial charge on any atom is 0.325 e. The average Bonchev–Trinajstić information content (AvgIpc) is 2.86. The summed E-state index contributed by atoms with van der Waals surface area (Å²) < 4.78 is 24.3. The van der Waals surface area contributed by atoms with Gasteiger partial charge >= 0.3 is 5.69 Å². The minimum absolute atomic E-state index is 0.0843. The molecule has 10 heteroatoms. The van der Waals surface area contributed by atoms with Gasteiger partial charge in [0.1, 0.15) is 6.04 Å². The fraction of sp³-hybridized carbons (Fsp3) is 0.545. The van der Waals surface area contributed by atoms with Crippen LogP contribution in [0.25, 0.3) is 0 Å². The monoisotopic (exact) mass is 316 g/mol. The number of carbonyl (C=O) groups is 1. The molecule has 2 heterocycles. The summed E-state index contributed by atoms with van der Waals surface area (Å²) in [7, 11) is -3.44. The summed E-state index contributed by atoms with van der Waals surface area (Å²) in [4.78, 5) is 38.7. The van der Waals surface area contributed by atoms with Crippen molar-refractivity contribution in [1.82, 2.24) is 19.6 Å². The SMILES string of the molecule is CS(=O)(=O)N1CCC[C@H]1C(=O)NCc1c[nH]c(=O)[nH]c1=O. The van der Waals surface area contributed by atoms with Gasteiger partial charge in [0.2, 0.25) is 15.9 Å². The molecule has 9 nitrogen and oxygen atoms in total. The van der Waals surface area contributed by atoms with E-state index in [1.54, 1.807) is 0 Å². The quantitative estimate of drug-likeness (QED) is 0.597. The molecule has 1 aromatic rings. The standard InChI is InChI=1S/C11H16N4O5S/c1-21(19,20)15-4-2-3-8(15)10(17)12-5-7-6-13-11(18)14-9(7)16/h6,8H,2-5H2,1H3,(H,12,17)(H2,13,14,16,18)/t8-/m0/s1. The molecule has 2 rings (SSSR count). The van der Waals surface area contributed by atoms with Gasteiger partial charge in [-0.05, 0) is 12.8 Å². The van der Waals surface area contributed by atoms with Crippen LogP contribution in [0.5, 0.6) is 0 Å². The van der Waals surface area contributed by atoms with Gasteiger partial charge in [-0.2, -0.15) is 4.31 Å². The number of carbonyl (C=O) groups excluding carboxylic acids is 1. The van der Waals surface area contributed by atoms with Crippen LogP contribution in [0, 0.1) is 0 Å². The molecule has 0 radical (unpaired) electrons. The second kappa shape index (κ2) is 5.82. The Morgan fingerprint density at radius 3 is 2.81 bits per heavy atom. The minimum Gasteiger partial charge on any atom is -0.350 e. The highest BCUT2D eigenvalue weighted by molar-refractivity contribution is 7.88. The summed E-state index contributed by atoms with van der Waals surface area (Å²) >= 11 is 0. The number of nitrogens with zero attached hydrogens (tertiary/aromatic N) is 1. The number of aromatic nitrogens is 2. The zero-order chi connectivity index (χ0) is 15.6. The van der Waals surface area contributed by atoms with Gasteiger partial charge in [0.25, 0.3) is 5.56 Å². The van der Waals surface area contributed by atoms with Crippen molar-refractivity contribution in [2.75, 3.05) is 12.8 Å². The summed E-state index contributed by atoms with van der Waals surface area (Å²) in [5.74, 6) is -0.455. The van der Waals surface area contributed by atoms with Gasteiger partial charge < -0.3 is 10.3 Å². The van der Waals surface area contributed by atoms with Crippen molar-refractivity contribution >= 4 is 15.9 Å². The van der Waals surface area contributed by atoms with E-state index in [1.165, 1.54) is 6.20 Å². The first kappa shape index (κ1) is 15.4. The van der Waals surface area contributed by atoms with E-state index in [0.29, 0.717) is 19.4 Å². The zero-order valence-corrected chi connectivity index (χ0v) is 12.2. The molecule has 0 aliphatic carbocycles. The predicted molar refractivity (Wildman–Crippen MR) is 74.1 cm³/mol. The zero-order valence-electron chi connectivity index (χ0n) is 11.4. The molecular weight excluding hydrogens is 300 g/mol. The number of sulfonamides is 1. The molecule has 116 valence electrons. The van der Waals surface area contributed by atoms with E-state index in [9.17, 15) is 22.8 Å². The highest BCUT2D eigenvalue weighted by Crippen LogP contribution is 2.20. The first-order valence-electron chi connectivity index (χ1n) is 6.34. The number of H-pyrrole nitrogens is 2. The third-order valence-corrected chi connectivity index (χ3v) is 4.57. The van der Waals surface area contributed by atoms with E-state index >= 15 is 0 Å². The molecule has 1 aliphatic rings. The van der Waals surface area contributed by atoms with Crippen LogP contribution in [0.3, 0.4) is 0 Å². The van der Waals surface area contributed by atoms with Crippen LogP contribution in [-0.4, -0.2) is 47.4 Å². The fourth-order valence-corrected chi connectivity index (χ4v) is 3.39. The second-order valence-electron chi connectivity index (χ2n) is 4.85.